The number of benzene rings is 1. The fourth-order valence-corrected chi connectivity index (χ4v) is 3.15. The van der Waals surface area contributed by atoms with Gasteiger partial charge in [-0.05, 0) is 71.2 Å². The van der Waals surface area contributed by atoms with Crippen LogP contribution in [0.15, 0.2) is 18.2 Å². The van der Waals surface area contributed by atoms with Crippen molar-refractivity contribution in [3.63, 3.8) is 0 Å². The molecular weight excluding hydrogens is 352 g/mol. The number of nitrogens with zero attached hydrogens (tertiary/aromatic N) is 1. The molecule has 2 atom stereocenters. The third kappa shape index (κ3) is 5.61. The molecule has 1 aliphatic rings. The van der Waals surface area contributed by atoms with Crippen LogP contribution in [0.2, 0.25) is 0 Å². The largest absolute Gasteiger partial charge is 0.336 e. The zero-order valence-electron chi connectivity index (χ0n) is 16.3. The van der Waals surface area contributed by atoms with Crippen molar-refractivity contribution in [1.82, 2.24) is 10.2 Å². The van der Waals surface area contributed by atoms with E-state index in [4.69, 9.17) is 5.73 Å². The van der Waals surface area contributed by atoms with Crippen molar-refractivity contribution in [1.29, 1.82) is 0 Å². The minimum absolute atomic E-state index is 0. The van der Waals surface area contributed by atoms with Crippen LogP contribution in [0.25, 0.3) is 0 Å². The molecule has 0 aromatic heterocycles. The summed E-state index contributed by atoms with van der Waals surface area (Å²) in [4.78, 5) is 26.9. The Balaban J connectivity index is 0.00000338. The van der Waals surface area contributed by atoms with E-state index < -0.39 is 0 Å². The van der Waals surface area contributed by atoms with Gasteiger partial charge in [0.1, 0.15) is 0 Å². The lowest BCUT2D eigenvalue weighted by atomic mass is 10.1. The molecule has 146 valence electrons. The number of amides is 3. The van der Waals surface area contributed by atoms with Gasteiger partial charge in [0.15, 0.2) is 0 Å². The molecule has 1 aromatic carbocycles. The molecule has 2 rings (SSSR count). The summed E-state index contributed by atoms with van der Waals surface area (Å²) in [7, 11) is 0. The zero-order chi connectivity index (χ0) is 18.8. The zero-order valence-corrected chi connectivity index (χ0v) is 17.1. The number of aryl methyl sites for hydroxylation is 1. The van der Waals surface area contributed by atoms with Crippen LogP contribution in [0.3, 0.4) is 0 Å². The molecule has 1 saturated heterocycles. The maximum absolute atomic E-state index is 12.9. The summed E-state index contributed by atoms with van der Waals surface area (Å²) in [5.41, 5.74) is 7.57. The first kappa shape index (κ1) is 22.3. The fraction of sp³-hybridized carbons (Fsp3) is 0.579. The molecule has 0 spiro atoms. The van der Waals surface area contributed by atoms with Gasteiger partial charge in [0.25, 0.3) is 5.91 Å². The molecule has 0 saturated carbocycles. The number of halogens is 1. The van der Waals surface area contributed by atoms with Crippen LogP contribution in [0.5, 0.6) is 0 Å². The Morgan fingerprint density at radius 1 is 1.31 bits per heavy atom. The Kier molecular flexibility index (Phi) is 7.47. The highest BCUT2D eigenvalue weighted by atomic mass is 35.5. The van der Waals surface area contributed by atoms with Crippen molar-refractivity contribution >= 4 is 30.0 Å². The van der Waals surface area contributed by atoms with Crippen LogP contribution in [0.1, 0.15) is 50.0 Å². The Hall–Kier alpha value is -1.79. The second-order valence-corrected chi connectivity index (χ2v) is 8.00. The van der Waals surface area contributed by atoms with E-state index in [0.717, 1.165) is 12.0 Å². The van der Waals surface area contributed by atoms with Gasteiger partial charge < -0.3 is 21.3 Å². The van der Waals surface area contributed by atoms with Gasteiger partial charge in [-0.2, -0.15) is 0 Å². The van der Waals surface area contributed by atoms with Crippen LogP contribution in [-0.4, -0.2) is 41.5 Å². The first-order chi connectivity index (χ1) is 11.6. The van der Waals surface area contributed by atoms with Gasteiger partial charge in [0.2, 0.25) is 0 Å². The van der Waals surface area contributed by atoms with E-state index >= 15 is 0 Å². The van der Waals surface area contributed by atoms with E-state index in [1.165, 1.54) is 0 Å². The van der Waals surface area contributed by atoms with Crippen LogP contribution >= 0.6 is 12.4 Å². The lowest BCUT2D eigenvalue weighted by molar-refractivity contribution is 0.0743. The lowest BCUT2D eigenvalue weighted by Gasteiger charge is -2.23. The summed E-state index contributed by atoms with van der Waals surface area (Å²) in [6, 6.07) is 5.33. The number of carbonyl (C=O) groups is 2. The number of nitrogens with two attached hydrogens (primary N) is 1. The second kappa shape index (κ2) is 8.73. The second-order valence-electron chi connectivity index (χ2n) is 8.00. The van der Waals surface area contributed by atoms with E-state index in [9.17, 15) is 9.59 Å². The number of rotatable bonds is 3. The Bertz CT molecular complexity index is 657. The molecule has 0 radical (unpaired) electrons. The van der Waals surface area contributed by atoms with Gasteiger partial charge in [-0.25, -0.2) is 4.79 Å². The van der Waals surface area contributed by atoms with Gasteiger partial charge in [0, 0.05) is 29.4 Å². The normalized spacial score (nSPS) is 19.7. The average Bonchev–Trinajstić information content (AvgIpc) is 2.88. The minimum Gasteiger partial charge on any atom is -0.336 e. The lowest BCUT2D eigenvalue weighted by Crippen LogP contribution is -2.43. The number of carbonyl (C=O) groups excluding carboxylic acids is 2. The van der Waals surface area contributed by atoms with Gasteiger partial charge in [0.05, 0.1) is 0 Å². The highest BCUT2D eigenvalue weighted by Crippen LogP contribution is 2.26. The fourth-order valence-electron chi connectivity index (χ4n) is 3.15. The topological polar surface area (TPSA) is 87.5 Å². The molecule has 0 bridgehead atoms. The summed E-state index contributed by atoms with van der Waals surface area (Å²) in [6.07, 6.45) is 0.938. The number of hydrogen-bond acceptors (Lipinski definition) is 3. The van der Waals surface area contributed by atoms with Gasteiger partial charge in [-0.3, -0.25) is 4.79 Å². The van der Waals surface area contributed by atoms with Crippen LogP contribution < -0.4 is 16.4 Å². The SMILES string of the molecule is Cc1ccc(C(=O)N2CC(CN)CC2C)cc1NC(=O)NC(C)(C)C.Cl. The van der Waals surface area contributed by atoms with Crippen molar-refractivity contribution < 1.29 is 9.59 Å². The molecule has 3 amide bonds. The highest BCUT2D eigenvalue weighted by Gasteiger charge is 2.32. The number of anilines is 1. The van der Waals surface area contributed by atoms with Crippen LogP contribution in [0.4, 0.5) is 10.5 Å². The first-order valence-corrected chi connectivity index (χ1v) is 8.81. The number of likely N-dealkylation sites (tertiary alicyclic amines) is 1. The van der Waals surface area contributed by atoms with Crippen molar-refractivity contribution in [2.24, 2.45) is 11.7 Å². The molecule has 1 heterocycles. The van der Waals surface area contributed by atoms with Crippen molar-refractivity contribution in [3.05, 3.63) is 29.3 Å². The third-order valence-corrected chi connectivity index (χ3v) is 4.48. The average molecular weight is 383 g/mol. The predicted molar refractivity (Wildman–Crippen MR) is 108 cm³/mol. The molecule has 26 heavy (non-hydrogen) atoms. The Morgan fingerprint density at radius 3 is 2.50 bits per heavy atom. The van der Waals surface area contributed by atoms with Gasteiger partial charge >= 0.3 is 6.03 Å². The van der Waals surface area contributed by atoms with E-state index in [-0.39, 0.29) is 35.9 Å². The van der Waals surface area contributed by atoms with E-state index in [0.29, 0.717) is 30.3 Å². The van der Waals surface area contributed by atoms with Crippen molar-refractivity contribution in [3.8, 4) is 0 Å². The molecular formula is C19H31ClN4O2. The summed E-state index contributed by atoms with van der Waals surface area (Å²) < 4.78 is 0. The first-order valence-electron chi connectivity index (χ1n) is 8.81. The number of hydrogen-bond donors (Lipinski definition) is 3. The maximum atomic E-state index is 12.9. The third-order valence-electron chi connectivity index (χ3n) is 4.48. The molecule has 0 aliphatic carbocycles. The van der Waals surface area contributed by atoms with Gasteiger partial charge in [-0.15, -0.1) is 12.4 Å². The minimum atomic E-state index is -0.326. The number of nitrogens with one attached hydrogen (secondary N) is 2. The van der Waals surface area contributed by atoms with E-state index in [2.05, 4.69) is 17.6 Å². The Labute approximate surface area is 162 Å². The quantitative estimate of drug-likeness (QED) is 0.750. The van der Waals surface area contributed by atoms with Crippen molar-refractivity contribution in [2.45, 2.75) is 52.6 Å². The summed E-state index contributed by atoms with van der Waals surface area (Å²) in [5, 5.41) is 5.70. The molecule has 7 heteroatoms. The monoisotopic (exact) mass is 382 g/mol. The summed E-state index contributed by atoms with van der Waals surface area (Å²) >= 11 is 0. The Morgan fingerprint density at radius 2 is 1.96 bits per heavy atom. The van der Waals surface area contributed by atoms with Crippen molar-refractivity contribution in [2.75, 3.05) is 18.4 Å². The molecule has 1 aromatic rings. The molecule has 2 unspecified atom stereocenters. The van der Waals surface area contributed by atoms with Crippen LogP contribution in [-0.2, 0) is 0 Å². The highest BCUT2D eigenvalue weighted by molar-refractivity contribution is 5.97. The summed E-state index contributed by atoms with van der Waals surface area (Å²) in [6.45, 7) is 11.0. The molecule has 1 aliphatic heterocycles. The standard InChI is InChI=1S/C19H30N4O2.ClH/c1-12-6-7-15(9-16(12)21-18(25)22-19(3,4)5)17(24)23-11-14(10-20)8-13(23)2;/h6-7,9,13-14H,8,10-11,20H2,1-5H3,(H2,21,22,25);1H. The van der Waals surface area contributed by atoms with E-state index in [1.54, 1.807) is 6.07 Å². The molecule has 4 N–H and O–H groups in total. The smallest absolute Gasteiger partial charge is 0.319 e. The maximum Gasteiger partial charge on any atom is 0.319 e. The van der Waals surface area contributed by atoms with E-state index in [1.807, 2.05) is 44.7 Å². The number of urea groups is 1. The van der Waals surface area contributed by atoms with Gasteiger partial charge in [-0.1, -0.05) is 6.07 Å². The molecule has 6 nitrogen and oxygen atoms in total. The summed E-state index contributed by atoms with van der Waals surface area (Å²) in [5.74, 6) is 0.349. The predicted octanol–water partition coefficient (Wildman–Crippen LogP) is 3.15. The van der Waals surface area contributed by atoms with Crippen LogP contribution in [0, 0.1) is 12.8 Å². The molecule has 1 fully saturated rings.